The van der Waals surface area contributed by atoms with Crippen molar-refractivity contribution < 1.29 is 9.53 Å². The zero-order valence-electron chi connectivity index (χ0n) is 18.2. The number of thiophene rings is 1. The molecule has 1 aliphatic carbocycles. The minimum Gasteiger partial charge on any atom is -0.493 e. The molecule has 7 nitrogen and oxygen atoms in total. The molecule has 2 unspecified atom stereocenters. The highest BCUT2D eigenvalue weighted by Crippen LogP contribution is 2.35. The fraction of sp³-hybridized carbons (Fsp3) is 0.391. The molecule has 0 saturated heterocycles. The summed E-state index contributed by atoms with van der Waals surface area (Å²) in [5, 5.41) is 4.74. The molecule has 0 spiro atoms. The van der Waals surface area contributed by atoms with Crippen molar-refractivity contribution in [2.45, 2.75) is 46.1 Å². The largest absolute Gasteiger partial charge is 0.493 e. The zero-order chi connectivity index (χ0) is 22.8. The van der Waals surface area contributed by atoms with E-state index < -0.39 is 11.9 Å². The van der Waals surface area contributed by atoms with Crippen LogP contribution >= 0.6 is 27.3 Å². The van der Waals surface area contributed by atoms with Crippen molar-refractivity contribution in [2.24, 2.45) is 11.0 Å². The van der Waals surface area contributed by atoms with Gasteiger partial charge in [-0.1, -0.05) is 22.9 Å². The second-order valence-electron chi connectivity index (χ2n) is 8.01. The number of ether oxygens (including phenoxy) is 1. The van der Waals surface area contributed by atoms with Gasteiger partial charge in [0.2, 0.25) is 0 Å². The van der Waals surface area contributed by atoms with E-state index >= 15 is 0 Å². The van der Waals surface area contributed by atoms with Crippen LogP contribution in [-0.2, 0) is 17.6 Å². The highest BCUT2D eigenvalue weighted by Gasteiger charge is 2.25. The van der Waals surface area contributed by atoms with Gasteiger partial charge in [0.25, 0.3) is 11.5 Å². The highest BCUT2D eigenvalue weighted by molar-refractivity contribution is 9.10. The van der Waals surface area contributed by atoms with Crippen molar-refractivity contribution in [1.82, 2.24) is 15.0 Å². The van der Waals surface area contributed by atoms with Crippen molar-refractivity contribution >= 4 is 49.6 Å². The van der Waals surface area contributed by atoms with Crippen LogP contribution in [0.3, 0.4) is 0 Å². The fourth-order valence-electron chi connectivity index (χ4n) is 3.91. The number of hydrogen-bond acceptors (Lipinski definition) is 6. The molecule has 2 atom stereocenters. The molecule has 4 rings (SSSR count). The van der Waals surface area contributed by atoms with Crippen LogP contribution in [0.1, 0.15) is 49.2 Å². The Balaban J connectivity index is 1.55. The van der Waals surface area contributed by atoms with E-state index in [0.29, 0.717) is 23.7 Å². The first kappa shape index (κ1) is 22.7. The number of fused-ring (bicyclic) bond motifs is 3. The molecular formula is C23H25BrN4O3S. The molecule has 1 N–H and O–H groups in total. The number of aromatic nitrogens is 2. The third kappa shape index (κ3) is 4.49. The van der Waals surface area contributed by atoms with Crippen LogP contribution in [0.4, 0.5) is 0 Å². The molecule has 0 bridgehead atoms. The van der Waals surface area contributed by atoms with Crippen LogP contribution in [0.15, 0.2) is 38.9 Å². The minimum atomic E-state index is -0.747. The van der Waals surface area contributed by atoms with Gasteiger partial charge < -0.3 is 4.74 Å². The second-order valence-corrected chi connectivity index (χ2v) is 10.0. The van der Waals surface area contributed by atoms with Crippen LogP contribution in [0.2, 0.25) is 0 Å². The molecule has 0 fully saturated rings. The Morgan fingerprint density at radius 3 is 3.09 bits per heavy atom. The van der Waals surface area contributed by atoms with Crippen molar-refractivity contribution in [1.29, 1.82) is 0 Å². The lowest BCUT2D eigenvalue weighted by Gasteiger charge is -2.18. The van der Waals surface area contributed by atoms with Crippen molar-refractivity contribution in [3.63, 3.8) is 0 Å². The Hall–Kier alpha value is -2.52. The minimum absolute atomic E-state index is 0.167. The van der Waals surface area contributed by atoms with E-state index in [2.05, 4.69) is 38.4 Å². The molecule has 32 heavy (non-hydrogen) atoms. The maximum atomic E-state index is 13.2. The van der Waals surface area contributed by atoms with Crippen molar-refractivity contribution in [2.75, 3.05) is 6.61 Å². The van der Waals surface area contributed by atoms with E-state index in [1.54, 1.807) is 18.3 Å². The van der Waals surface area contributed by atoms with Crippen LogP contribution in [0.25, 0.3) is 10.2 Å². The number of carbonyl (C=O) groups is 1. The summed E-state index contributed by atoms with van der Waals surface area (Å²) in [6.07, 6.45) is 5.93. The molecule has 2 aromatic heterocycles. The molecule has 0 aliphatic heterocycles. The number of amides is 1. The van der Waals surface area contributed by atoms with E-state index in [1.165, 1.54) is 22.0 Å². The van der Waals surface area contributed by atoms with Crippen molar-refractivity contribution in [3.8, 4) is 5.75 Å². The lowest BCUT2D eigenvalue weighted by molar-refractivity contribution is -0.123. The molecule has 0 radical (unpaired) electrons. The Labute approximate surface area is 198 Å². The van der Waals surface area contributed by atoms with Gasteiger partial charge in [-0.2, -0.15) is 5.10 Å². The predicted molar refractivity (Wildman–Crippen MR) is 131 cm³/mol. The third-order valence-electron chi connectivity index (χ3n) is 5.69. The summed E-state index contributed by atoms with van der Waals surface area (Å²) < 4.78 is 7.86. The smallest absolute Gasteiger partial charge is 0.263 e. The number of hydrazone groups is 1. The number of carbonyl (C=O) groups excluding carboxylic acids is 1. The average molecular weight is 517 g/mol. The van der Waals surface area contributed by atoms with E-state index in [9.17, 15) is 9.59 Å². The van der Waals surface area contributed by atoms with Gasteiger partial charge in [-0.15, -0.1) is 11.3 Å². The second kappa shape index (κ2) is 9.54. The first-order valence-electron chi connectivity index (χ1n) is 10.7. The van der Waals surface area contributed by atoms with E-state index in [-0.39, 0.29) is 5.56 Å². The van der Waals surface area contributed by atoms with Gasteiger partial charge in [0, 0.05) is 14.9 Å². The molecular weight excluding hydrogens is 492 g/mol. The van der Waals surface area contributed by atoms with Gasteiger partial charge >= 0.3 is 0 Å². The Kier molecular flexibility index (Phi) is 6.76. The summed E-state index contributed by atoms with van der Waals surface area (Å²) in [6, 6.07) is 4.82. The number of hydrogen-bond donors (Lipinski definition) is 1. The van der Waals surface area contributed by atoms with E-state index in [4.69, 9.17) is 4.74 Å². The highest BCUT2D eigenvalue weighted by atomic mass is 79.9. The lowest BCUT2D eigenvalue weighted by atomic mass is 9.89. The lowest BCUT2D eigenvalue weighted by Crippen LogP contribution is -2.34. The molecule has 3 aromatic rings. The third-order valence-corrected chi connectivity index (χ3v) is 7.34. The topological polar surface area (TPSA) is 85.6 Å². The van der Waals surface area contributed by atoms with Gasteiger partial charge in [0.05, 0.1) is 24.5 Å². The number of nitrogens with one attached hydrogen (secondary N) is 1. The monoisotopic (exact) mass is 516 g/mol. The average Bonchev–Trinajstić information content (AvgIpc) is 3.13. The molecule has 2 heterocycles. The fourth-order valence-corrected chi connectivity index (χ4v) is 5.63. The maximum absolute atomic E-state index is 13.2. The quantitative estimate of drug-likeness (QED) is 0.387. The SMILES string of the molecule is CCOc1ccc(Br)cc1/C=N/NC(=O)C(C)n1cnc2sc3c(c2c1=O)CCC(C)C3. The number of nitrogens with zero attached hydrogens (tertiary/aromatic N) is 3. The van der Waals surface area contributed by atoms with E-state index in [1.807, 2.05) is 25.1 Å². The Morgan fingerprint density at radius 2 is 2.31 bits per heavy atom. The summed E-state index contributed by atoms with van der Waals surface area (Å²) in [5.74, 6) is 0.896. The van der Waals surface area contributed by atoms with Crippen LogP contribution in [0.5, 0.6) is 5.75 Å². The summed E-state index contributed by atoms with van der Waals surface area (Å²) in [5.41, 5.74) is 4.20. The number of aryl methyl sites for hydroxylation is 1. The Morgan fingerprint density at radius 1 is 1.50 bits per heavy atom. The molecule has 168 valence electrons. The first-order chi connectivity index (χ1) is 15.4. The summed E-state index contributed by atoms with van der Waals surface area (Å²) in [7, 11) is 0. The standard InChI is InChI=1S/C23H25BrN4O3S/c1-4-31-18-8-6-16(24)10-15(18)11-26-27-21(29)14(3)28-12-25-22-20(23(28)30)17-7-5-13(2)9-19(17)32-22/h6,8,10-14H,4-5,7,9H2,1-3H3,(H,27,29)/b26-11+. The van der Waals surface area contributed by atoms with Crippen LogP contribution in [0, 0.1) is 5.92 Å². The number of benzene rings is 1. The number of rotatable bonds is 6. The van der Waals surface area contributed by atoms with Gasteiger partial charge in [-0.25, -0.2) is 10.4 Å². The summed E-state index contributed by atoms with van der Waals surface area (Å²) in [4.78, 5) is 32.4. The molecule has 1 aliphatic rings. The Bertz CT molecular complexity index is 1250. The maximum Gasteiger partial charge on any atom is 0.263 e. The van der Waals surface area contributed by atoms with Gasteiger partial charge in [0.15, 0.2) is 0 Å². The predicted octanol–water partition coefficient (Wildman–Crippen LogP) is 4.46. The normalized spacial score (nSPS) is 16.8. The zero-order valence-corrected chi connectivity index (χ0v) is 20.6. The summed E-state index contributed by atoms with van der Waals surface area (Å²) in [6.45, 7) is 6.33. The summed E-state index contributed by atoms with van der Waals surface area (Å²) >= 11 is 5.03. The molecule has 1 aromatic carbocycles. The molecule has 0 saturated carbocycles. The van der Waals surface area contributed by atoms with E-state index in [0.717, 1.165) is 39.7 Å². The molecule has 9 heteroatoms. The van der Waals surface area contributed by atoms with Gasteiger partial charge in [-0.3, -0.25) is 14.2 Å². The first-order valence-corrected chi connectivity index (χ1v) is 12.3. The number of halogens is 1. The van der Waals surface area contributed by atoms with Gasteiger partial charge in [-0.05, 0) is 62.8 Å². The molecule has 1 amide bonds. The van der Waals surface area contributed by atoms with Gasteiger partial charge in [0.1, 0.15) is 16.6 Å². The van der Waals surface area contributed by atoms with Crippen molar-refractivity contribution in [3.05, 3.63) is 55.4 Å². The van der Waals surface area contributed by atoms with Crippen LogP contribution < -0.4 is 15.7 Å². The van der Waals surface area contributed by atoms with Crippen LogP contribution in [-0.4, -0.2) is 28.3 Å².